The Kier molecular flexibility index (Phi) is 5.80. The third kappa shape index (κ3) is 4.27. The van der Waals surface area contributed by atoms with Gasteiger partial charge >= 0.3 is 0 Å². The van der Waals surface area contributed by atoms with Crippen molar-refractivity contribution in [2.24, 2.45) is 0 Å². The summed E-state index contributed by atoms with van der Waals surface area (Å²) in [7, 11) is 1.87. The Morgan fingerprint density at radius 3 is 2.31 bits per heavy atom. The van der Waals surface area contributed by atoms with Gasteiger partial charge in [-0.25, -0.2) is 9.97 Å². The van der Waals surface area contributed by atoms with Gasteiger partial charge in [0, 0.05) is 56.6 Å². The van der Waals surface area contributed by atoms with E-state index in [1.165, 1.54) is 11.0 Å². The van der Waals surface area contributed by atoms with Gasteiger partial charge in [-0.15, -0.1) is 5.10 Å². The maximum absolute atomic E-state index is 11.9. The van der Waals surface area contributed by atoms with Crippen LogP contribution in [-0.2, 0) is 4.79 Å². The fourth-order valence-electron chi connectivity index (χ4n) is 4.15. The van der Waals surface area contributed by atoms with Crippen molar-refractivity contribution in [1.29, 1.82) is 0 Å². The number of benzene rings is 1. The molecular weight excluding hydrogens is 408 g/mol. The van der Waals surface area contributed by atoms with Gasteiger partial charge in [-0.05, 0) is 38.1 Å². The summed E-state index contributed by atoms with van der Waals surface area (Å²) in [5, 5.41) is 10.7. The number of nitrogens with one attached hydrogen (secondary N) is 2. The summed E-state index contributed by atoms with van der Waals surface area (Å²) in [5.74, 6) is 1.95. The van der Waals surface area contributed by atoms with Gasteiger partial charge in [0.15, 0.2) is 5.82 Å². The van der Waals surface area contributed by atoms with Crippen molar-refractivity contribution < 1.29 is 4.79 Å². The summed E-state index contributed by atoms with van der Waals surface area (Å²) in [6.45, 7) is 7.07. The molecule has 1 aliphatic heterocycles. The lowest BCUT2D eigenvalue weighted by Crippen LogP contribution is -2.58. The van der Waals surface area contributed by atoms with Crippen molar-refractivity contribution in [3.63, 3.8) is 0 Å². The molecule has 4 rings (SSSR count). The van der Waals surface area contributed by atoms with Crippen LogP contribution in [0.2, 0.25) is 0 Å². The zero-order valence-electron chi connectivity index (χ0n) is 18.6. The van der Waals surface area contributed by atoms with Crippen molar-refractivity contribution in [2.45, 2.75) is 32.9 Å². The van der Waals surface area contributed by atoms with E-state index in [9.17, 15) is 4.79 Å². The molecule has 1 amide bonds. The Labute approximate surface area is 186 Å². The van der Waals surface area contributed by atoms with E-state index < -0.39 is 0 Å². The normalized spacial score (nSPS) is 18.5. The summed E-state index contributed by atoms with van der Waals surface area (Å²) in [4.78, 5) is 29.1. The number of carbonyl (C=O) groups is 1. The van der Waals surface area contributed by atoms with Gasteiger partial charge < -0.3 is 26.2 Å². The predicted octanol–water partition coefficient (Wildman–Crippen LogP) is 1.87. The standard InChI is InChI=1S/C21H28N10O/c1-13-10-29(11-14(2)30(13)15(3)32)18-9-19(25-12-24-18)31-20(22)27-21(28-31)26-17-7-5-16(23-4)6-8-17/h5-9,12-14,23H,10-11H2,1-4H3,(H3,22,26,27,28)/t13-,14+. The summed E-state index contributed by atoms with van der Waals surface area (Å²) in [6.07, 6.45) is 1.49. The monoisotopic (exact) mass is 436 g/mol. The van der Waals surface area contributed by atoms with Crippen LogP contribution in [-0.4, -0.2) is 67.8 Å². The Morgan fingerprint density at radius 1 is 1.06 bits per heavy atom. The number of carbonyl (C=O) groups excluding carboxylic acids is 1. The third-order valence-electron chi connectivity index (χ3n) is 5.52. The largest absolute Gasteiger partial charge is 0.388 e. The summed E-state index contributed by atoms with van der Waals surface area (Å²) >= 11 is 0. The minimum absolute atomic E-state index is 0.0798. The van der Waals surface area contributed by atoms with Gasteiger partial charge in [-0.3, -0.25) is 4.79 Å². The average Bonchev–Trinajstić information content (AvgIpc) is 3.13. The summed E-state index contributed by atoms with van der Waals surface area (Å²) in [5.41, 5.74) is 7.97. The van der Waals surface area contributed by atoms with Gasteiger partial charge in [0.1, 0.15) is 12.1 Å². The Balaban J connectivity index is 1.54. The van der Waals surface area contributed by atoms with Crippen molar-refractivity contribution in [3.8, 4) is 5.82 Å². The molecule has 1 saturated heterocycles. The third-order valence-corrected chi connectivity index (χ3v) is 5.52. The molecule has 1 aromatic carbocycles. The number of aromatic nitrogens is 5. The molecular formula is C21H28N10O. The molecule has 32 heavy (non-hydrogen) atoms. The van der Waals surface area contributed by atoms with Crippen LogP contribution in [0.3, 0.4) is 0 Å². The van der Waals surface area contributed by atoms with Crippen LogP contribution in [0.25, 0.3) is 5.82 Å². The quantitative estimate of drug-likeness (QED) is 0.548. The molecule has 0 aliphatic carbocycles. The summed E-state index contributed by atoms with van der Waals surface area (Å²) in [6, 6.07) is 9.75. The molecule has 3 heterocycles. The van der Waals surface area contributed by atoms with Crippen LogP contribution < -0.4 is 21.3 Å². The Morgan fingerprint density at radius 2 is 1.69 bits per heavy atom. The first-order valence-electron chi connectivity index (χ1n) is 10.5. The first-order chi connectivity index (χ1) is 15.4. The number of amides is 1. The smallest absolute Gasteiger partial charge is 0.248 e. The van der Waals surface area contributed by atoms with E-state index in [1.807, 2.05) is 56.1 Å². The van der Waals surface area contributed by atoms with Crippen LogP contribution >= 0.6 is 0 Å². The second kappa shape index (κ2) is 8.69. The van der Waals surface area contributed by atoms with Gasteiger partial charge in [0.25, 0.3) is 0 Å². The fraction of sp³-hybridized carbons (Fsp3) is 0.381. The highest BCUT2D eigenvalue weighted by molar-refractivity contribution is 5.74. The molecule has 0 bridgehead atoms. The lowest BCUT2D eigenvalue weighted by molar-refractivity contribution is -0.133. The summed E-state index contributed by atoms with van der Waals surface area (Å²) < 4.78 is 1.48. The van der Waals surface area contributed by atoms with Gasteiger partial charge in [0.2, 0.25) is 17.8 Å². The van der Waals surface area contributed by atoms with Crippen LogP contribution in [0.5, 0.6) is 0 Å². The number of nitrogens with zero attached hydrogens (tertiary/aromatic N) is 7. The number of anilines is 5. The molecule has 0 unspecified atom stereocenters. The predicted molar refractivity (Wildman–Crippen MR) is 124 cm³/mol. The van der Waals surface area contributed by atoms with Gasteiger partial charge in [0.05, 0.1) is 0 Å². The number of piperazine rings is 1. The Bertz CT molecular complexity index is 1080. The van der Waals surface area contributed by atoms with Crippen molar-refractivity contribution in [2.75, 3.05) is 41.4 Å². The number of nitrogens with two attached hydrogens (primary N) is 1. The lowest BCUT2D eigenvalue weighted by atomic mass is 10.1. The van der Waals surface area contributed by atoms with E-state index in [4.69, 9.17) is 5.73 Å². The van der Waals surface area contributed by atoms with Crippen molar-refractivity contribution in [1.82, 2.24) is 29.6 Å². The minimum atomic E-state index is 0.0798. The SMILES string of the molecule is CNc1ccc(Nc2nc(N)n(-c3cc(N4C[C@@H](C)N(C(C)=O)[C@@H](C)C4)ncn3)n2)cc1. The first kappa shape index (κ1) is 21.3. The molecule has 0 radical (unpaired) electrons. The molecule has 2 atom stereocenters. The second-order valence-corrected chi connectivity index (χ2v) is 7.92. The van der Waals surface area contributed by atoms with Crippen molar-refractivity contribution >= 4 is 35.0 Å². The molecule has 1 aliphatic rings. The van der Waals surface area contributed by atoms with E-state index >= 15 is 0 Å². The first-order valence-corrected chi connectivity index (χ1v) is 10.5. The molecule has 1 fully saturated rings. The molecule has 4 N–H and O–H groups in total. The molecule has 168 valence electrons. The van der Waals surface area contributed by atoms with Crippen LogP contribution in [0.1, 0.15) is 20.8 Å². The highest BCUT2D eigenvalue weighted by atomic mass is 16.2. The fourth-order valence-corrected chi connectivity index (χ4v) is 4.15. The van der Waals surface area contributed by atoms with Gasteiger partial charge in [-0.2, -0.15) is 9.67 Å². The minimum Gasteiger partial charge on any atom is -0.388 e. The molecule has 0 saturated carbocycles. The number of hydrogen-bond acceptors (Lipinski definition) is 9. The van der Waals surface area contributed by atoms with Gasteiger partial charge in [-0.1, -0.05) is 0 Å². The second-order valence-electron chi connectivity index (χ2n) is 7.92. The van der Waals surface area contributed by atoms with E-state index in [1.54, 1.807) is 6.92 Å². The number of nitrogen functional groups attached to an aromatic ring is 1. The highest BCUT2D eigenvalue weighted by Crippen LogP contribution is 2.23. The molecule has 11 nitrogen and oxygen atoms in total. The molecule has 3 aromatic rings. The number of rotatable bonds is 5. The zero-order chi connectivity index (χ0) is 22.8. The topological polar surface area (TPSA) is 130 Å². The van der Waals surface area contributed by atoms with E-state index in [-0.39, 0.29) is 23.9 Å². The van der Waals surface area contributed by atoms with E-state index in [2.05, 4.69) is 35.6 Å². The molecule has 11 heteroatoms. The zero-order valence-corrected chi connectivity index (χ0v) is 18.6. The lowest BCUT2D eigenvalue weighted by Gasteiger charge is -2.44. The van der Waals surface area contributed by atoms with Crippen molar-refractivity contribution in [3.05, 3.63) is 36.7 Å². The molecule has 2 aromatic heterocycles. The van der Waals surface area contributed by atoms with Crippen LogP contribution in [0, 0.1) is 0 Å². The maximum Gasteiger partial charge on any atom is 0.248 e. The van der Waals surface area contributed by atoms with Crippen LogP contribution in [0.4, 0.5) is 29.1 Å². The number of hydrogen-bond donors (Lipinski definition) is 3. The van der Waals surface area contributed by atoms with E-state index in [0.29, 0.717) is 24.9 Å². The van der Waals surface area contributed by atoms with Crippen LogP contribution in [0.15, 0.2) is 36.7 Å². The maximum atomic E-state index is 11.9. The van der Waals surface area contributed by atoms with E-state index in [0.717, 1.165) is 17.2 Å². The average molecular weight is 437 g/mol. The Hall–Kier alpha value is -3.89. The molecule has 0 spiro atoms. The highest BCUT2D eigenvalue weighted by Gasteiger charge is 2.31.